The second-order valence-corrected chi connectivity index (χ2v) is 8.18. The van der Waals surface area contributed by atoms with Crippen LogP contribution in [-0.2, 0) is 22.4 Å². The molecular weight excluding hydrogens is 422 g/mol. The van der Waals surface area contributed by atoms with E-state index < -0.39 is 5.97 Å². The highest BCUT2D eigenvalue weighted by Crippen LogP contribution is 2.25. The van der Waals surface area contributed by atoms with Crippen molar-refractivity contribution in [2.75, 3.05) is 45.9 Å². The minimum atomic E-state index is -0.585. The molecule has 3 heterocycles. The van der Waals surface area contributed by atoms with E-state index in [0.29, 0.717) is 31.6 Å². The first-order valence-electron chi connectivity index (χ1n) is 11.5. The summed E-state index contributed by atoms with van der Waals surface area (Å²) < 4.78 is 12.1. The van der Waals surface area contributed by atoms with Gasteiger partial charge in [0.1, 0.15) is 5.56 Å². The van der Waals surface area contributed by atoms with E-state index in [4.69, 9.17) is 9.47 Å². The second-order valence-electron chi connectivity index (χ2n) is 8.18. The molecule has 8 heteroatoms. The molecular formula is C25H29N3O5. The molecule has 174 valence electrons. The van der Waals surface area contributed by atoms with E-state index in [-0.39, 0.29) is 23.7 Å². The van der Waals surface area contributed by atoms with Gasteiger partial charge in [-0.15, -0.1) is 0 Å². The molecule has 2 aliphatic heterocycles. The number of aromatic nitrogens is 1. The van der Waals surface area contributed by atoms with Gasteiger partial charge in [0.25, 0.3) is 0 Å². The molecule has 4 rings (SSSR count). The summed E-state index contributed by atoms with van der Waals surface area (Å²) in [6.45, 7) is 8.20. The maximum absolute atomic E-state index is 13.1. The number of amides is 1. The number of rotatable bonds is 4. The molecule has 1 aromatic heterocycles. The zero-order valence-electron chi connectivity index (χ0n) is 19.2. The lowest BCUT2D eigenvalue weighted by Gasteiger charge is -2.32. The molecule has 0 unspecified atom stereocenters. The molecule has 1 saturated heterocycles. The molecule has 1 aromatic carbocycles. The van der Waals surface area contributed by atoms with Crippen molar-refractivity contribution in [1.82, 2.24) is 14.4 Å². The van der Waals surface area contributed by atoms with Gasteiger partial charge in [-0.1, -0.05) is 11.8 Å². The Morgan fingerprint density at radius 2 is 1.79 bits per heavy atom. The maximum Gasteiger partial charge on any atom is 0.409 e. The molecule has 1 fully saturated rings. The van der Waals surface area contributed by atoms with E-state index in [1.165, 1.54) is 0 Å². The smallest absolute Gasteiger partial charge is 0.409 e. The number of hydrogen-bond acceptors (Lipinski definition) is 6. The van der Waals surface area contributed by atoms with Gasteiger partial charge in [0, 0.05) is 49.9 Å². The van der Waals surface area contributed by atoms with E-state index in [9.17, 15) is 14.4 Å². The van der Waals surface area contributed by atoms with Crippen molar-refractivity contribution in [2.45, 2.75) is 33.2 Å². The highest BCUT2D eigenvalue weighted by molar-refractivity contribution is 5.95. The van der Waals surface area contributed by atoms with Crippen LogP contribution >= 0.6 is 0 Å². The Morgan fingerprint density at radius 3 is 2.52 bits per heavy atom. The minimum Gasteiger partial charge on any atom is -0.462 e. The number of piperazine rings is 1. The lowest BCUT2D eigenvalue weighted by molar-refractivity contribution is 0.0524. The van der Waals surface area contributed by atoms with Gasteiger partial charge in [-0.2, -0.15) is 0 Å². The molecule has 0 saturated carbocycles. The Morgan fingerprint density at radius 1 is 1.03 bits per heavy atom. The molecule has 0 atom stereocenters. The summed E-state index contributed by atoms with van der Waals surface area (Å²) in [5.74, 6) is 5.82. The van der Waals surface area contributed by atoms with E-state index in [1.54, 1.807) is 31.0 Å². The summed E-state index contributed by atoms with van der Waals surface area (Å²) in [4.78, 5) is 41.1. The predicted octanol–water partition coefficient (Wildman–Crippen LogP) is 2.25. The highest BCUT2D eigenvalue weighted by Gasteiger charge is 2.22. The van der Waals surface area contributed by atoms with Crippen molar-refractivity contribution < 1.29 is 19.1 Å². The Labute approximate surface area is 193 Å². The van der Waals surface area contributed by atoms with Gasteiger partial charge in [0.15, 0.2) is 0 Å². The first-order chi connectivity index (χ1) is 16.0. The average Bonchev–Trinajstić information content (AvgIpc) is 2.82. The maximum atomic E-state index is 13.1. The quantitative estimate of drug-likeness (QED) is 0.524. The Hall–Kier alpha value is -3.31. The van der Waals surface area contributed by atoms with Gasteiger partial charge < -0.3 is 18.9 Å². The topological polar surface area (TPSA) is 81.1 Å². The van der Waals surface area contributed by atoms with Gasteiger partial charge in [-0.3, -0.25) is 9.69 Å². The Kier molecular flexibility index (Phi) is 6.99. The zero-order chi connectivity index (χ0) is 23.4. The van der Waals surface area contributed by atoms with Crippen LogP contribution in [0.4, 0.5) is 4.79 Å². The van der Waals surface area contributed by atoms with Crippen LogP contribution in [0.3, 0.4) is 0 Å². The fraction of sp³-hybridized carbons (Fsp3) is 0.480. The molecule has 0 bridgehead atoms. The van der Waals surface area contributed by atoms with Crippen LogP contribution in [-0.4, -0.2) is 72.4 Å². The summed E-state index contributed by atoms with van der Waals surface area (Å²) in [5.41, 5.74) is 2.51. The Bertz CT molecular complexity index is 1180. The van der Waals surface area contributed by atoms with Crippen molar-refractivity contribution in [1.29, 1.82) is 0 Å². The summed E-state index contributed by atoms with van der Waals surface area (Å²) in [6.07, 6.45) is 3.18. The van der Waals surface area contributed by atoms with Crippen LogP contribution < -0.4 is 5.43 Å². The van der Waals surface area contributed by atoms with Crippen LogP contribution in [0.2, 0.25) is 0 Å². The minimum absolute atomic E-state index is 0.0711. The van der Waals surface area contributed by atoms with Gasteiger partial charge >= 0.3 is 12.1 Å². The molecule has 33 heavy (non-hydrogen) atoms. The third-order valence-electron chi connectivity index (χ3n) is 6.02. The highest BCUT2D eigenvalue weighted by atomic mass is 16.6. The number of nitrogens with zero attached hydrogens (tertiary/aromatic N) is 3. The third kappa shape index (κ3) is 4.88. The molecule has 1 amide bonds. The molecule has 0 N–H and O–H groups in total. The fourth-order valence-electron chi connectivity index (χ4n) is 4.42. The van der Waals surface area contributed by atoms with Crippen molar-refractivity contribution in [3.63, 3.8) is 0 Å². The van der Waals surface area contributed by atoms with Crippen molar-refractivity contribution in [3.8, 4) is 11.8 Å². The van der Waals surface area contributed by atoms with E-state index in [2.05, 4.69) is 16.7 Å². The van der Waals surface area contributed by atoms with Crippen LogP contribution in [0, 0.1) is 11.8 Å². The number of carbonyl (C=O) groups excluding carboxylic acids is 2. The summed E-state index contributed by atoms with van der Waals surface area (Å²) in [6, 6.07) is 3.84. The number of ether oxygens (including phenoxy) is 2. The average molecular weight is 452 g/mol. The lowest BCUT2D eigenvalue weighted by Crippen LogP contribution is -2.48. The normalized spacial score (nSPS) is 15.6. The zero-order valence-corrected chi connectivity index (χ0v) is 19.2. The predicted molar refractivity (Wildman–Crippen MR) is 124 cm³/mol. The Balaban J connectivity index is 1.54. The lowest BCUT2D eigenvalue weighted by atomic mass is 9.97. The molecule has 8 nitrogen and oxygen atoms in total. The number of carbonyl (C=O) groups is 2. The van der Waals surface area contributed by atoms with Crippen LogP contribution in [0.5, 0.6) is 0 Å². The standard InChI is InChI=1S/C25H29N3O5/c1-3-32-24(30)21-17-28-10-6-8-19-15-18(16-20(22(19)28)23(21)29)7-5-9-26-11-13-27(14-12-26)25(31)33-4-2/h15-17H,3-4,6,8-14H2,1-2H3. The van der Waals surface area contributed by atoms with Gasteiger partial charge in [0.05, 0.1) is 25.3 Å². The molecule has 2 aromatic rings. The van der Waals surface area contributed by atoms with Gasteiger partial charge in [-0.05, 0) is 44.4 Å². The van der Waals surface area contributed by atoms with Crippen LogP contribution in [0.15, 0.2) is 23.1 Å². The number of esters is 1. The van der Waals surface area contributed by atoms with Crippen molar-refractivity contribution >= 4 is 23.0 Å². The summed E-state index contributed by atoms with van der Waals surface area (Å²) >= 11 is 0. The molecule has 0 aliphatic carbocycles. The van der Waals surface area contributed by atoms with Gasteiger partial charge in [0.2, 0.25) is 5.43 Å². The number of aryl methyl sites for hydroxylation is 2. The van der Waals surface area contributed by atoms with E-state index in [0.717, 1.165) is 49.1 Å². The summed E-state index contributed by atoms with van der Waals surface area (Å²) in [7, 11) is 0. The first-order valence-corrected chi connectivity index (χ1v) is 11.5. The van der Waals surface area contributed by atoms with Gasteiger partial charge in [-0.25, -0.2) is 9.59 Å². The largest absolute Gasteiger partial charge is 0.462 e. The number of benzene rings is 1. The molecule has 2 aliphatic rings. The fourth-order valence-corrected chi connectivity index (χ4v) is 4.42. The van der Waals surface area contributed by atoms with Crippen LogP contribution in [0.1, 0.15) is 41.8 Å². The van der Waals surface area contributed by atoms with E-state index in [1.807, 2.05) is 10.6 Å². The molecule has 0 spiro atoms. The van der Waals surface area contributed by atoms with Crippen molar-refractivity contribution in [3.05, 3.63) is 45.2 Å². The first kappa shape index (κ1) is 22.9. The number of pyridine rings is 1. The van der Waals surface area contributed by atoms with Crippen LogP contribution in [0.25, 0.3) is 10.9 Å². The summed E-state index contributed by atoms with van der Waals surface area (Å²) in [5, 5.41) is 0.519. The second kappa shape index (κ2) is 10.1. The number of hydrogen-bond donors (Lipinski definition) is 0. The van der Waals surface area contributed by atoms with Crippen molar-refractivity contribution in [2.24, 2.45) is 0 Å². The monoisotopic (exact) mass is 451 g/mol. The third-order valence-corrected chi connectivity index (χ3v) is 6.02. The molecule has 0 radical (unpaired) electrons. The van der Waals surface area contributed by atoms with E-state index >= 15 is 0 Å². The SMILES string of the molecule is CCOC(=O)c1cn2c3c(cc(C#CCN4CCN(C(=O)OCC)CC4)cc3c1=O)CCC2.